The monoisotopic (exact) mass is 400 g/mol. The van der Waals surface area contributed by atoms with Crippen molar-refractivity contribution in [1.82, 2.24) is 4.98 Å². The van der Waals surface area contributed by atoms with Gasteiger partial charge in [-0.2, -0.15) is 0 Å². The van der Waals surface area contributed by atoms with E-state index in [9.17, 15) is 9.90 Å². The van der Waals surface area contributed by atoms with Crippen molar-refractivity contribution in [2.24, 2.45) is 0 Å². The van der Waals surface area contributed by atoms with Crippen LogP contribution in [0.1, 0.15) is 34.5 Å². The van der Waals surface area contributed by atoms with E-state index in [0.717, 1.165) is 22.2 Å². The molecule has 30 heavy (non-hydrogen) atoms. The molecule has 0 bridgehead atoms. The first-order valence-electron chi connectivity index (χ1n) is 9.99. The smallest absolute Gasteiger partial charge is 0.191 e. The number of carbonyl (C=O) groups excluding carboxylic acids is 1. The number of Topliss-reactive ketones (excluding diaryl/α,β-unsaturated/α-hetero) is 1. The summed E-state index contributed by atoms with van der Waals surface area (Å²) in [6, 6.07) is 22.3. The van der Waals surface area contributed by atoms with E-state index in [0.29, 0.717) is 23.5 Å². The number of aliphatic hydroxyl groups is 1. The summed E-state index contributed by atoms with van der Waals surface area (Å²) in [5, 5.41) is 14.0. The van der Waals surface area contributed by atoms with Gasteiger partial charge in [0.25, 0.3) is 0 Å². The summed E-state index contributed by atoms with van der Waals surface area (Å²) >= 11 is 0. The lowest BCUT2D eigenvalue weighted by Crippen LogP contribution is -2.21. The summed E-state index contributed by atoms with van der Waals surface area (Å²) in [5.74, 6) is 0.614. The molecule has 5 heteroatoms. The molecule has 152 valence electrons. The zero-order valence-electron chi connectivity index (χ0n) is 16.8. The maximum absolute atomic E-state index is 13.6. The normalized spacial score (nSPS) is 11.9. The van der Waals surface area contributed by atoms with Crippen molar-refractivity contribution in [3.8, 4) is 5.75 Å². The molecular formula is C25H24N2O3. The first-order valence-corrected chi connectivity index (χ1v) is 9.99. The minimum Gasteiger partial charge on any atom is -0.494 e. The molecule has 4 aromatic rings. The molecule has 1 unspecified atom stereocenters. The largest absolute Gasteiger partial charge is 0.494 e. The lowest BCUT2D eigenvalue weighted by Gasteiger charge is -2.20. The highest BCUT2D eigenvalue weighted by atomic mass is 16.5. The number of fused-ring (bicyclic) bond motifs is 1. The molecule has 5 nitrogen and oxygen atoms in total. The highest BCUT2D eigenvalue weighted by Gasteiger charge is 2.24. The number of carbonyl (C=O) groups is 1. The van der Waals surface area contributed by atoms with Crippen LogP contribution in [-0.2, 0) is 6.61 Å². The number of ketones is 1. The summed E-state index contributed by atoms with van der Waals surface area (Å²) in [7, 11) is 0. The lowest BCUT2D eigenvalue weighted by molar-refractivity contribution is 0.0971. The third-order valence-electron chi connectivity index (χ3n) is 5.09. The molecule has 0 aliphatic carbocycles. The SMILES string of the molecule is CCOc1ccc(NC(C(=O)c2c[nH]c3ccccc23)c2ccccc2)cc1CO. The standard InChI is InChI=1S/C25H24N2O3/c1-2-30-23-13-12-19(14-18(23)16-28)27-24(17-8-4-3-5-9-17)25(29)21-15-26-22-11-7-6-10-20(21)22/h3-15,24,26-28H,2,16H2,1H3. The van der Waals surface area contributed by atoms with Crippen molar-refractivity contribution >= 4 is 22.4 Å². The minimum absolute atomic E-state index is 0.0296. The van der Waals surface area contributed by atoms with Crippen LogP contribution in [0.3, 0.4) is 0 Å². The first-order chi connectivity index (χ1) is 14.7. The quantitative estimate of drug-likeness (QED) is 0.360. The van der Waals surface area contributed by atoms with Gasteiger partial charge in [-0.25, -0.2) is 0 Å². The Labute approximate surface area is 175 Å². The molecule has 3 N–H and O–H groups in total. The molecule has 4 rings (SSSR count). The molecule has 0 aliphatic heterocycles. The molecule has 0 amide bonds. The number of H-pyrrole nitrogens is 1. The number of aromatic amines is 1. The summed E-state index contributed by atoms with van der Waals surface area (Å²) in [6.45, 7) is 2.28. The Kier molecular flexibility index (Phi) is 5.82. The lowest BCUT2D eigenvalue weighted by atomic mass is 9.96. The van der Waals surface area contributed by atoms with Crippen LogP contribution in [0.2, 0.25) is 0 Å². The summed E-state index contributed by atoms with van der Waals surface area (Å²) in [5.41, 5.74) is 3.85. The van der Waals surface area contributed by atoms with Crippen LogP contribution >= 0.6 is 0 Å². The summed E-state index contributed by atoms with van der Waals surface area (Å²) < 4.78 is 5.57. The van der Waals surface area contributed by atoms with E-state index >= 15 is 0 Å². The van der Waals surface area contributed by atoms with Gasteiger partial charge in [-0.3, -0.25) is 4.79 Å². The van der Waals surface area contributed by atoms with Crippen LogP contribution in [0, 0.1) is 0 Å². The van der Waals surface area contributed by atoms with Crippen molar-refractivity contribution in [2.45, 2.75) is 19.6 Å². The van der Waals surface area contributed by atoms with Gasteiger partial charge in [-0.05, 0) is 36.8 Å². The number of benzene rings is 3. The van der Waals surface area contributed by atoms with E-state index in [1.54, 1.807) is 6.20 Å². The molecular weight excluding hydrogens is 376 g/mol. The van der Waals surface area contributed by atoms with Crippen molar-refractivity contribution in [3.05, 3.63) is 95.7 Å². The van der Waals surface area contributed by atoms with E-state index in [1.807, 2.05) is 79.7 Å². The van der Waals surface area contributed by atoms with E-state index in [4.69, 9.17) is 4.74 Å². The van der Waals surface area contributed by atoms with Crippen LogP contribution in [0.15, 0.2) is 79.0 Å². The predicted octanol–water partition coefficient (Wildman–Crippen LogP) is 5.10. The predicted molar refractivity (Wildman–Crippen MR) is 119 cm³/mol. The zero-order chi connectivity index (χ0) is 20.9. The summed E-state index contributed by atoms with van der Waals surface area (Å²) in [6.07, 6.45) is 1.77. The van der Waals surface area contributed by atoms with Gasteiger partial charge in [0.2, 0.25) is 0 Å². The summed E-state index contributed by atoms with van der Waals surface area (Å²) in [4.78, 5) is 16.8. The Morgan fingerprint density at radius 1 is 1.07 bits per heavy atom. The highest BCUT2D eigenvalue weighted by molar-refractivity contribution is 6.11. The number of hydrogen-bond acceptors (Lipinski definition) is 4. The molecule has 0 aliphatic rings. The molecule has 0 saturated heterocycles. The van der Waals surface area contributed by atoms with Gasteiger partial charge in [0, 0.05) is 33.9 Å². The number of ether oxygens (including phenoxy) is 1. The highest BCUT2D eigenvalue weighted by Crippen LogP contribution is 2.30. The maximum atomic E-state index is 13.6. The topological polar surface area (TPSA) is 74.3 Å². The molecule has 1 atom stereocenters. The minimum atomic E-state index is -0.574. The fourth-order valence-electron chi connectivity index (χ4n) is 3.63. The third kappa shape index (κ3) is 3.93. The van der Waals surface area contributed by atoms with Crippen LogP contribution < -0.4 is 10.1 Å². The first kappa shape index (κ1) is 19.7. The number of nitrogens with one attached hydrogen (secondary N) is 2. The van der Waals surface area contributed by atoms with Gasteiger partial charge in [0.05, 0.1) is 13.2 Å². The molecule has 3 aromatic carbocycles. The Balaban J connectivity index is 1.72. The Hall–Kier alpha value is -3.57. The van der Waals surface area contributed by atoms with Gasteiger partial charge >= 0.3 is 0 Å². The molecule has 0 spiro atoms. The Bertz CT molecular complexity index is 1150. The number of aliphatic hydroxyl groups excluding tert-OH is 1. The van der Waals surface area contributed by atoms with Gasteiger partial charge in [0.1, 0.15) is 11.8 Å². The fourth-order valence-corrected chi connectivity index (χ4v) is 3.63. The van der Waals surface area contributed by atoms with Crippen molar-refractivity contribution in [1.29, 1.82) is 0 Å². The Morgan fingerprint density at radius 3 is 2.60 bits per heavy atom. The van der Waals surface area contributed by atoms with Crippen LogP contribution in [0.4, 0.5) is 5.69 Å². The van der Waals surface area contributed by atoms with Gasteiger partial charge in [-0.1, -0.05) is 48.5 Å². The fraction of sp³-hybridized carbons (Fsp3) is 0.160. The van der Waals surface area contributed by atoms with E-state index < -0.39 is 6.04 Å². The second-order valence-corrected chi connectivity index (χ2v) is 7.01. The van der Waals surface area contributed by atoms with E-state index in [1.165, 1.54) is 0 Å². The Morgan fingerprint density at radius 2 is 1.83 bits per heavy atom. The average molecular weight is 400 g/mol. The molecule has 0 saturated carbocycles. The van der Waals surface area contributed by atoms with Crippen LogP contribution in [-0.4, -0.2) is 22.5 Å². The molecule has 1 heterocycles. The van der Waals surface area contributed by atoms with Crippen LogP contribution in [0.5, 0.6) is 5.75 Å². The van der Waals surface area contributed by atoms with Gasteiger partial charge in [-0.15, -0.1) is 0 Å². The number of hydrogen-bond donors (Lipinski definition) is 3. The number of anilines is 1. The number of aromatic nitrogens is 1. The number of rotatable bonds is 8. The maximum Gasteiger partial charge on any atom is 0.191 e. The van der Waals surface area contributed by atoms with Crippen molar-refractivity contribution < 1.29 is 14.6 Å². The second-order valence-electron chi connectivity index (χ2n) is 7.01. The molecule has 0 radical (unpaired) electrons. The second kappa shape index (κ2) is 8.84. The average Bonchev–Trinajstić information content (AvgIpc) is 3.23. The van der Waals surface area contributed by atoms with Crippen molar-refractivity contribution in [3.63, 3.8) is 0 Å². The van der Waals surface area contributed by atoms with E-state index in [2.05, 4.69) is 10.3 Å². The van der Waals surface area contributed by atoms with Crippen LogP contribution in [0.25, 0.3) is 10.9 Å². The van der Waals surface area contributed by atoms with E-state index in [-0.39, 0.29) is 12.4 Å². The zero-order valence-corrected chi connectivity index (χ0v) is 16.8. The molecule has 0 fully saturated rings. The third-order valence-corrected chi connectivity index (χ3v) is 5.09. The van der Waals surface area contributed by atoms with Crippen molar-refractivity contribution in [2.75, 3.05) is 11.9 Å². The molecule has 1 aromatic heterocycles. The van der Waals surface area contributed by atoms with Gasteiger partial charge in [0.15, 0.2) is 5.78 Å². The van der Waals surface area contributed by atoms with Gasteiger partial charge < -0.3 is 20.1 Å². The number of para-hydroxylation sites is 1.